The largest absolute Gasteiger partial charge is 0.493 e. The van der Waals surface area contributed by atoms with Gasteiger partial charge in [-0.3, -0.25) is 4.72 Å². The van der Waals surface area contributed by atoms with Crippen molar-refractivity contribution in [2.75, 3.05) is 11.8 Å². The molecule has 0 amide bonds. The van der Waals surface area contributed by atoms with E-state index in [1.165, 1.54) is 25.6 Å². The highest BCUT2D eigenvalue weighted by Gasteiger charge is 2.22. The molecule has 0 radical (unpaired) electrons. The third-order valence-corrected chi connectivity index (χ3v) is 6.59. The van der Waals surface area contributed by atoms with Crippen LogP contribution in [0.15, 0.2) is 90.6 Å². The van der Waals surface area contributed by atoms with Gasteiger partial charge in [-0.1, -0.05) is 66.2 Å². The topological polar surface area (TPSA) is 116 Å². The van der Waals surface area contributed by atoms with Crippen LogP contribution in [0.1, 0.15) is 5.56 Å². The van der Waals surface area contributed by atoms with E-state index in [9.17, 15) is 8.42 Å². The first kappa shape index (κ1) is 25.1. The molecule has 5 aromatic rings. The average molecular weight is 546 g/mol. The van der Waals surface area contributed by atoms with Gasteiger partial charge in [0.05, 0.1) is 12.5 Å². The molecule has 0 bridgehead atoms. The smallest absolute Gasteiger partial charge is 0.256 e. The number of anilines is 1. The van der Waals surface area contributed by atoms with E-state index in [1.807, 2.05) is 42.5 Å². The fourth-order valence-electron chi connectivity index (χ4n) is 3.64. The van der Waals surface area contributed by atoms with Crippen molar-refractivity contribution in [1.29, 1.82) is 0 Å². The molecule has 0 atom stereocenters. The molecule has 0 aliphatic heterocycles. The van der Waals surface area contributed by atoms with E-state index >= 15 is 0 Å². The summed E-state index contributed by atoms with van der Waals surface area (Å²) in [6, 6.07) is 21.8. The molecule has 0 saturated carbocycles. The molecule has 190 valence electrons. The van der Waals surface area contributed by atoms with Gasteiger partial charge in [0.25, 0.3) is 10.0 Å². The van der Waals surface area contributed by atoms with Crippen LogP contribution >= 0.6 is 11.6 Å². The summed E-state index contributed by atoms with van der Waals surface area (Å²) < 4.78 is 40.1. The summed E-state index contributed by atoms with van der Waals surface area (Å²) in [6.45, 7) is 0. The second-order valence-electron chi connectivity index (χ2n) is 7.86. The van der Waals surface area contributed by atoms with Crippen LogP contribution in [0, 0.1) is 0 Å². The minimum atomic E-state index is -4.08. The number of sulfonamides is 1. The minimum absolute atomic E-state index is 0.0127. The van der Waals surface area contributed by atoms with Crippen molar-refractivity contribution >= 4 is 44.3 Å². The van der Waals surface area contributed by atoms with Crippen LogP contribution in [-0.2, 0) is 10.0 Å². The number of benzene rings is 3. The number of halogens is 1. The van der Waals surface area contributed by atoms with Gasteiger partial charge in [-0.15, -0.1) is 0 Å². The number of para-hydroxylation sites is 2. The molecule has 2 aromatic heterocycles. The standard InChI is InChI=1S/C27H20ClN5O4S/c1-36-21-12-4-5-13-22(21)37-23-24(28)31-27(26-29-15-7-16-30-26)32-25(23)33-38(34,35)17-14-19-10-6-9-18-8-2-3-11-20(18)19/h2-17H,1H3,(H,31,32,33). The molecule has 0 aliphatic carbocycles. The molecule has 0 aliphatic rings. The summed E-state index contributed by atoms with van der Waals surface area (Å²) in [5.74, 6) is 0.558. The quantitative estimate of drug-likeness (QED) is 0.238. The molecular formula is C27H20ClN5O4S. The Bertz CT molecular complexity index is 1740. The van der Waals surface area contributed by atoms with E-state index in [0.29, 0.717) is 5.75 Å². The summed E-state index contributed by atoms with van der Waals surface area (Å²) >= 11 is 6.47. The maximum Gasteiger partial charge on any atom is 0.256 e. The number of nitrogens with zero attached hydrogens (tertiary/aromatic N) is 4. The van der Waals surface area contributed by atoms with E-state index < -0.39 is 10.0 Å². The zero-order valence-electron chi connectivity index (χ0n) is 19.9. The van der Waals surface area contributed by atoms with Crippen molar-refractivity contribution in [3.05, 3.63) is 101 Å². The van der Waals surface area contributed by atoms with E-state index in [4.69, 9.17) is 21.1 Å². The molecular weight excluding hydrogens is 526 g/mol. The molecule has 5 rings (SSSR count). The molecule has 9 nitrogen and oxygen atoms in total. The van der Waals surface area contributed by atoms with E-state index in [2.05, 4.69) is 24.7 Å². The number of nitrogens with one attached hydrogen (secondary N) is 1. The lowest BCUT2D eigenvalue weighted by Gasteiger charge is -2.15. The number of aromatic nitrogens is 4. The number of fused-ring (bicyclic) bond motifs is 1. The van der Waals surface area contributed by atoms with Gasteiger partial charge in [-0.05, 0) is 40.6 Å². The Hall–Kier alpha value is -4.54. The Morgan fingerprint density at radius 3 is 2.34 bits per heavy atom. The van der Waals surface area contributed by atoms with Crippen molar-refractivity contribution in [2.24, 2.45) is 0 Å². The van der Waals surface area contributed by atoms with Crippen molar-refractivity contribution in [3.63, 3.8) is 0 Å². The van der Waals surface area contributed by atoms with Crippen molar-refractivity contribution in [1.82, 2.24) is 19.9 Å². The van der Waals surface area contributed by atoms with Crippen LogP contribution in [0.3, 0.4) is 0 Å². The van der Waals surface area contributed by atoms with Crippen molar-refractivity contribution in [2.45, 2.75) is 0 Å². The van der Waals surface area contributed by atoms with Gasteiger partial charge >= 0.3 is 0 Å². The summed E-state index contributed by atoms with van der Waals surface area (Å²) in [6.07, 6.45) is 4.53. The van der Waals surface area contributed by atoms with E-state index in [0.717, 1.165) is 21.7 Å². The van der Waals surface area contributed by atoms with Crippen molar-refractivity contribution in [3.8, 4) is 28.9 Å². The molecule has 0 saturated heterocycles. The maximum atomic E-state index is 13.2. The van der Waals surface area contributed by atoms with Gasteiger partial charge in [-0.25, -0.2) is 28.4 Å². The van der Waals surface area contributed by atoms with Gasteiger partial charge in [-0.2, -0.15) is 0 Å². The van der Waals surface area contributed by atoms with E-state index in [-0.39, 0.29) is 34.1 Å². The molecule has 0 unspecified atom stereocenters. The monoisotopic (exact) mass is 545 g/mol. The number of hydrogen-bond donors (Lipinski definition) is 1. The average Bonchev–Trinajstić information content (AvgIpc) is 2.94. The third kappa shape index (κ3) is 5.56. The van der Waals surface area contributed by atoms with Crippen LogP contribution in [0.4, 0.5) is 5.82 Å². The second kappa shape index (κ2) is 10.8. The zero-order chi connectivity index (χ0) is 26.5. The van der Waals surface area contributed by atoms with Gasteiger partial charge in [0.1, 0.15) is 0 Å². The fourth-order valence-corrected chi connectivity index (χ4v) is 4.65. The van der Waals surface area contributed by atoms with E-state index in [1.54, 1.807) is 30.3 Å². The molecule has 38 heavy (non-hydrogen) atoms. The second-order valence-corrected chi connectivity index (χ2v) is 9.78. The predicted molar refractivity (Wildman–Crippen MR) is 147 cm³/mol. The van der Waals surface area contributed by atoms with Crippen LogP contribution in [0.5, 0.6) is 17.2 Å². The predicted octanol–water partition coefficient (Wildman–Crippen LogP) is 5.95. The third-order valence-electron chi connectivity index (χ3n) is 5.36. The first-order valence-corrected chi connectivity index (χ1v) is 13.2. The Balaban J connectivity index is 1.55. The first-order valence-electron chi connectivity index (χ1n) is 11.3. The summed E-state index contributed by atoms with van der Waals surface area (Å²) in [4.78, 5) is 16.8. The Morgan fingerprint density at radius 1 is 0.842 bits per heavy atom. The van der Waals surface area contributed by atoms with Crippen LogP contribution in [0.2, 0.25) is 5.15 Å². The summed E-state index contributed by atoms with van der Waals surface area (Å²) in [7, 11) is -2.60. The zero-order valence-corrected chi connectivity index (χ0v) is 21.5. The number of rotatable bonds is 8. The first-order chi connectivity index (χ1) is 18.4. The molecule has 0 spiro atoms. The maximum absolute atomic E-state index is 13.2. The summed E-state index contributed by atoms with van der Waals surface area (Å²) in [5.41, 5.74) is 0.734. The SMILES string of the molecule is COc1ccccc1Oc1c(Cl)nc(-c2ncccn2)nc1NS(=O)(=O)C=Cc1cccc2ccccc12. The molecule has 0 fully saturated rings. The van der Waals surface area contributed by atoms with Gasteiger partial charge < -0.3 is 9.47 Å². The number of hydrogen-bond acceptors (Lipinski definition) is 8. The molecule has 11 heteroatoms. The lowest BCUT2D eigenvalue weighted by molar-refractivity contribution is 0.378. The summed E-state index contributed by atoms with van der Waals surface area (Å²) in [5, 5.41) is 2.80. The molecule has 1 N–H and O–H groups in total. The van der Waals surface area contributed by atoms with Crippen LogP contribution < -0.4 is 14.2 Å². The molecule has 2 heterocycles. The van der Waals surface area contributed by atoms with Gasteiger partial charge in [0.15, 0.2) is 28.3 Å². The van der Waals surface area contributed by atoms with Crippen molar-refractivity contribution < 1.29 is 17.9 Å². The highest BCUT2D eigenvalue weighted by molar-refractivity contribution is 7.95. The Labute approximate surface area is 223 Å². The lowest BCUT2D eigenvalue weighted by atomic mass is 10.1. The number of methoxy groups -OCH3 is 1. The minimum Gasteiger partial charge on any atom is -0.493 e. The number of ether oxygens (including phenoxy) is 2. The highest BCUT2D eigenvalue weighted by atomic mass is 35.5. The van der Waals surface area contributed by atoms with Gasteiger partial charge in [0.2, 0.25) is 11.6 Å². The van der Waals surface area contributed by atoms with Crippen LogP contribution in [0.25, 0.3) is 28.5 Å². The lowest BCUT2D eigenvalue weighted by Crippen LogP contribution is -2.13. The Kier molecular flexibility index (Phi) is 7.16. The van der Waals surface area contributed by atoms with Gasteiger partial charge in [0, 0.05) is 12.4 Å². The molecule has 3 aromatic carbocycles. The normalized spacial score (nSPS) is 11.5. The van der Waals surface area contributed by atoms with Crippen LogP contribution in [-0.4, -0.2) is 35.5 Å². The highest BCUT2D eigenvalue weighted by Crippen LogP contribution is 2.39. The Morgan fingerprint density at radius 2 is 1.55 bits per heavy atom. The fraction of sp³-hybridized carbons (Fsp3) is 0.0370.